The van der Waals surface area contributed by atoms with Gasteiger partial charge in [0.1, 0.15) is 18.2 Å². The highest BCUT2D eigenvalue weighted by Crippen LogP contribution is 2.24. The number of rotatable bonds is 5. The first-order valence-corrected chi connectivity index (χ1v) is 7.79. The number of imidazole rings is 1. The Kier molecular flexibility index (Phi) is 4.62. The first-order chi connectivity index (χ1) is 11.2. The average molecular weight is 315 g/mol. The van der Waals surface area contributed by atoms with Crippen LogP contribution >= 0.6 is 0 Å². The SMILES string of the molecule is CCOCC(=O)N1CCc2nc(-c3ccc(OC)cc3)[nH]c2C1. The van der Waals surface area contributed by atoms with E-state index in [9.17, 15) is 4.79 Å². The number of benzene rings is 1. The number of ether oxygens (including phenoxy) is 2. The molecule has 1 aromatic heterocycles. The molecule has 1 aromatic carbocycles. The van der Waals surface area contributed by atoms with Gasteiger partial charge in [0.15, 0.2) is 0 Å². The minimum absolute atomic E-state index is 0.0260. The van der Waals surface area contributed by atoms with Crippen molar-refractivity contribution in [2.45, 2.75) is 19.9 Å². The van der Waals surface area contributed by atoms with Crippen molar-refractivity contribution < 1.29 is 14.3 Å². The van der Waals surface area contributed by atoms with Crippen molar-refractivity contribution in [3.05, 3.63) is 35.7 Å². The van der Waals surface area contributed by atoms with Gasteiger partial charge >= 0.3 is 0 Å². The lowest BCUT2D eigenvalue weighted by Crippen LogP contribution is -2.38. The van der Waals surface area contributed by atoms with Gasteiger partial charge in [-0.15, -0.1) is 0 Å². The molecule has 1 aliphatic rings. The molecule has 122 valence electrons. The van der Waals surface area contributed by atoms with Crippen LogP contribution in [0.15, 0.2) is 24.3 Å². The van der Waals surface area contributed by atoms with E-state index in [1.165, 1.54) is 0 Å². The number of H-pyrrole nitrogens is 1. The van der Waals surface area contributed by atoms with Gasteiger partial charge in [-0.25, -0.2) is 4.98 Å². The Hall–Kier alpha value is -2.34. The summed E-state index contributed by atoms with van der Waals surface area (Å²) in [6, 6.07) is 7.77. The number of aromatic amines is 1. The van der Waals surface area contributed by atoms with Crippen molar-refractivity contribution in [1.82, 2.24) is 14.9 Å². The minimum Gasteiger partial charge on any atom is -0.497 e. The first-order valence-electron chi connectivity index (χ1n) is 7.79. The zero-order chi connectivity index (χ0) is 16.2. The molecule has 6 nitrogen and oxygen atoms in total. The number of nitrogens with one attached hydrogen (secondary N) is 1. The zero-order valence-corrected chi connectivity index (χ0v) is 13.5. The molecule has 1 N–H and O–H groups in total. The molecule has 1 aliphatic heterocycles. The number of carbonyl (C=O) groups excluding carboxylic acids is 1. The Morgan fingerprint density at radius 2 is 2.13 bits per heavy atom. The molecule has 0 radical (unpaired) electrons. The molecule has 0 atom stereocenters. The quantitative estimate of drug-likeness (QED) is 0.916. The lowest BCUT2D eigenvalue weighted by molar-refractivity contribution is -0.137. The number of nitrogens with zero attached hydrogens (tertiary/aromatic N) is 2. The normalized spacial score (nSPS) is 13.7. The number of hydrogen-bond acceptors (Lipinski definition) is 4. The Labute approximate surface area is 135 Å². The molecule has 3 rings (SSSR count). The summed E-state index contributed by atoms with van der Waals surface area (Å²) in [7, 11) is 1.65. The summed E-state index contributed by atoms with van der Waals surface area (Å²) in [6.07, 6.45) is 0.764. The molecule has 0 fully saturated rings. The molecule has 0 spiro atoms. The molecule has 23 heavy (non-hydrogen) atoms. The van der Waals surface area contributed by atoms with E-state index in [-0.39, 0.29) is 12.5 Å². The van der Waals surface area contributed by atoms with Crippen LogP contribution in [0, 0.1) is 0 Å². The van der Waals surface area contributed by atoms with E-state index in [4.69, 9.17) is 9.47 Å². The molecule has 1 amide bonds. The van der Waals surface area contributed by atoms with Gasteiger partial charge in [0.2, 0.25) is 5.91 Å². The summed E-state index contributed by atoms with van der Waals surface area (Å²) in [4.78, 5) is 21.9. The van der Waals surface area contributed by atoms with E-state index in [2.05, 4.69) is 9.97 Å². The van der Waals surface area contributed by atoms with Crippen molar-refractivity contribution in [2.75, 3.05) is 26.9 Å². The summed E-state index contributed by atoms with van der Waals surface area (Å²) < 4.78 is 10.4. The maximum absolute atomic E-state index is 12.1. The van der Waals surface area contributed by atoms with Crippen LogP contribution in [-0.4, -0.2) is 47.6 Å². The fourth-order valence-electron chi connectivity index (χ4n) is 2.67. The maximum atomic E-state index is 12.1. The molecule has 0 saturated carbocycles. The summed E-state index contributed by atoms with van der Waals surface area (Å²) in [5, 5.41) is 0. The molecule has 0 saturated heterocycles. The predicted octanol–water partition coefficient (Wildman–Crippen LogP) is 2.01. The van der Waals surface area contributed by atoms with Crippen LogP contribution in [0.25, 0.3) is 11.4 Å². The summed E-state index contributed by atoms with van der Waals surface area (Å²) in [5.41, 5.74) is 3.05. The number of methoxy groups -OCH3 is 1. The summed E-state index contributed by atoms with van der Waals surface area (Å²) in [5.74, 6) is 1.67. The maximum Gasteiger partial charge on any atom is 0.248 e. The van der Waals surface area contributed by atoms with Gasteiger partial charge in [-0.2, -0.15) is 0 Å². The van der Waals surface area contributed by atoms with Crippen LogP contribution in [0.2, 0.25) is 0 Å². The van der Waals surface area contributed by atoms with Gasteiger partial charge < -0.3 is 19.4 Å². The number of aromatic nitrogens is 2. The van der Waals surface area contributed by atoms with Crippen molar-refractivity contribution in [2.24, 2.45) is 0 Å². The molecular formula is C17H21N3O3. The first kappa shape index (κ1) is 15.6. The van der Waals surface area contributed by atoms with Crippen LogP contribution in [-0.2, 0) is 22.5 Å². The highest BCUT2D eigenvalue weighted by Gasteiger charge is 2.23. The number of fused-ring (bicyclic) bond motifs is 1. The fourth-order valence-corrected chi connectivity index (χ4v) is 2.67. The van der Waals surface area contributed by atoms with Crippen molar-refractivity contribution in [1.29, 1.82) is 0 Å². The van der Waals surface area contributed by atoms with E-state index in [1.807, 2.05) is 36.1 Å². The lowest BCUT2D eigenvalue weighted by Gasteiger charge is -2.26. The van der Waals surface area contributed by atoms with E-state index < -0.39 is 0 Å². The standard InChI is InChI=1S/C17H21N3O3/c1-3-23-11-16(21)20-9-8-14-15(10-20)19-17(18-14)12-4-6-13(22-2)7-5-12/h4-7H,3,8-11H2,1-2H3,(H,18,19). The van der Waals surface area contributed by atoms with Crippen LogP contribution in [0.5, 0.6) is 5.75 Å². The van der Waals surface area contributed by atoms with E-state index >= 15 is 0 Å². The minimum atomic E-state index is 0.0260. The monoisotopic (exact) mass is 315 g/mol. The molecule has 0 unspecified atom stereocenters. The molecule has 6 heteroatoms. The largest absolute Gasteiger partial charge is 0.497 e. The third-order valence-electron chi connectivity index (χ3n) is 3.98. The summed E-state index contributed by atoms with van der Waals surface area (Å²) in [6.45, 7) is 3.83. The Morgan fingerprint density at radius 1 is 1.35 bits per heavy atom. The second-order valence-corrected chi connectivity index (χ2v) is 5.44. The van der Waals surface area contributed by atoms with Gasteiger partial charge in [0.05, 0.1) is 25.0 Å². The Morgan fingerprint density at radius 3 is 2.83 bits per heavy atom. The van der Waals surface area contributed by atoms with Crippen molar-refractivity contribution in [3.8, 4) is 17.1 Å². The number of carbonyl (C=O) groups is 1. The van der Waals surface area contributed by atoms with Crippen LogP contribution in [0.1, 0.15) is 18.3 Å². The van der Waals surface area contributed by atoms with Gasteiger partial charge in [-0.05, 0) is 31.2 Å². The Bertz CT molecular complexity index is 679. The highest BCUT2D eigenvalue weighted by molar-refractivity contribution is 5.77. The highest BCUT2D eigenvalue weighted by atomic mass is 16.5. The topological polar surface area (TPSA) is 67.4 Å². The molecule has 0 aliphatic carbocycles. The lowest BCUT2D eigenvalue weighted by atomic mass is 10.1. The molecule has 2 heterocycles. The van der Waals surface area contributed by atoms with Crippen LogP contribution in [0.3, 0.4) is 0 Å². The fraction of sp³-hybridized carbons (Fsp3) is 0.412. The zero-order valence-electron chi connectivity index (χ0n) is 13.5. The van der Waals surface area contributed by atoms with Crippen molar-refractivity contribution in [3.63, 3.8) is 0 Å². The molecule has 0 bridgehead atoms. The van der Waals surface area contributed by atoms with E-state index in [0.717, 1.165) is 34.9 Å². The van der Waals surface area contributed by atoms with Gasteiger partial charge in [-0.1, -0.05) is 0 Å². The third-order valence-corrected chi connectivity index (χ3v) is 3.98. The second-order valence-electron chi connectivity index (χ2n) is 5.44. The van der Waals surface area contributed by atoms with Gasteiger partial charge in [-0.3, -0.25) is 4.79 Å². The molecule has 2 aromatic rings. The Balaban J connectivity index is 1.74. The van der Waals surface area contributed by atoms with Crippen LogP contribution in [0.4, 0.5) is 0 Å². The van der Waals surface area contributed by atoms with Crippen molar-refractivity contribution >= 4 is 5.91 Å². The van der Waals surface area contributed by atoms with Gasteiger partial charge in [0.25, 0.3) is 0 Å². The number of hydrogen-bond donors (Lipinski definition) is 1. The van der Waals surface area contributed by atoms with E-state index in [0.29, 0.717) is 19.7 Å². The van der Waals surface area contributed by atoms with Crippen LogP contribution < -0.4 is 4.74 Å². The van der Waals surface area contributed by atoms with E-state index in [1.54, 1.807) is 7.11 Å². The van der Waals surface area contributed by atoms with Gasteiger partial charge in [0, 0.05) is 25.1 Å². The molecular weight excluding hydrogens is 294 g/mol. The second kappa shape index (κ2) is 6.83. The third kappa shape index (κ3) is 3.37. The summed E-state index contributed by atoms with van der Waals surface area (Å²) >= 11 is 0. The predicted molar refractivity (Wildman–Crippen MR) is 86.2 cm³/mol. The smallest absolute Gasteiger partial charge is 0.248 e. The average Bonchev–Trinajstić information content (AvgIpc) is 3.02. The number of amides is 1.